The van der Waals surface area contributed by atoms with E-state index >= 15 is 0 Å². The number of fused-ring (bicyclic) bond motifs is 3. The van der Waals surface area contributed by atoms with Crippen molar-refractivity contribution in [2.24, 2.45) is 0 Å². The maximum Gasteiger partial charge on any atom is 0.0645 e. The molecule has 124 valence electrons. The van der Waals surface area contributed by atoms with Crippen LogP contribution in [0, 0.1) is 0 Å². The number of benzene rings is 4. The zero-order valence-corrected chi connectivity index (χ0v) is 14.2. The van der Waals surface area contributed by atoms with Crippen molar-refractivity contribution in [2.45, 2.75) is 0 Å². The normalized spacial score (nSPS) is 15.6. The average Bonchev–Trinajstić information content (AvgIpc) is 3.20. The molecular weight excluding hydrogens is 338 g/mol. The molecule has 0 aliphatic heterocycles. The molecule has 0 aliphatic rings. The quantitative estimate of drug-likeness (QED) is 0.316. The molecule has 0 radical (unpaired) electrons. The fraction of sp³-hybridized carbons (Fsp3) is 0. The van der Waals surface area contributed by atoms with Crippen molar-refractivity contribution < 1.29 is 11.0 Å². The first-order valence-corrected chi connectivity index (χ1v) is 8.38. The second-order valence-electron chi connectivity index (χ2n) is 5.84. The fourth-order valence-electron chi connectivity index (χ4n) is 3.15. The van der Waals surface area contributed by atoms with Crippen LogP contribution in [0.4, 0.5) is 0 Å². The lowest BCUT2D eigenvalue weighted by atomic mass is 10.1. The van der Waals surface area contributed by atoms with Crippen LogP contribution in [0.2, 0.25) is 5.02 Å². The van der Waals surface area contributed by atoms with Crippen molar-refractivity contribution in [3.05, 3.63) is 102 Å². The van der Waals surface area contributed by atoms with E-state index in [1.165, 1.54) is 4.57 Å². The zero-order valence-electron chi connectivity index (χ0n) is 21.4. The van der Waals surface area contributed by atoms with Gasteiger partial charge in [-0.15, -0.1) is 0 Å². The van der Waals surface area contributed by atoms with Crippen LogP contribution in [-0.4, -0.2) is 4.57 Å². The van der Waals surface area contributed by atoms with Crippen molar-refractivity contribution in [2.75, 3.05) is 0 Å². The number of rotatable bonds is 2. The number of nitrogens with zero attached hydrogens (tertiary/aromatic N) is 1. The second kappa shape index (κ2) is 6.05. The number of hydrogen-bond donors (Lipinski definition) is 0. The van der Waals surface area contributed by atoms with Crippen LogP contribution in [0.3, 0.4) is 0 Å². The maximum absolute atomic E-state index is 8.60. The molecule has 0 N–H and O–H groups in total. The van der Waals surface area contributed by atoms with E-state index in [4.69, 9.17) is 22.6 Å². The van der Waals surface area contributed by atoms with Gasteiger partial charge in [0, 0.05) is 21.5 Å². The largest absolute Gasteiger partial charge is 0.309 e. The van der Waals surface area contributed by atoms with Crippen LogP contribution >= 0.6 is 11.6 Å². The van der Waals surface area contributed by atoms with Gasteiger partial charge in [0.2, 0.25) is 0 Å². The molecule has 4 aromatic carbocycles. The van der Waals surface area contributed by atoms with Crippen molar-refractivity contribution in [3.8, 4) is 16.8 Å². The minimum atomic E-state index is -0.459. The topological polar surface area (TPSA) is 4.93 Å². The van der Waals surface area contributed by atoms with Crippen molar-refractivity contribution in [3.63, 3.8) is 0 Å². The second-order valence-corrected chi connectivity index (χ2v) is 6.28. The molecule has 5 aromatic rings. The molecule has 5 rings (SSSR count). The molecule has 0 fully saturated rings. The highest BCUT2D eigenvalue weighted by atomic mass is 35.5. The molecule has 0 unspecified atom stereocenters. The molecule has 1 aromatic heterocycles. The molecule has 26 heavy (non-hydrogen) atoms. The molecule has 0 aliphatic carbocycles. The summed E-state index contributed by atoms with van der Waals surface area (Å²) in [6, 6.07) is 11.3. The number of aromatic nitrogens is 1. The zero-order chi connectivity index (χ0) is 24.5. The third-order valence-corrected chi connectivity index (χ3v) is 4.57. The van der Waals surface area contributed by atoms with Gasteiger partial charge in [-0.1, -0.05) is 72.1 Å². The summed E-state index contributed by atoms with van der Waals surface area (Å²) < 4.78 is 68.4. The Morgan fingerprint density at radius 1 is 0.692 bits per heavy atom. The molecule has 1 heterocycles. The summed E-state index contributed by atoms with van der Waals surface area (Å²) in [4.78, 5) is 0. The van der Waals surface area contributed by atoms with E-state index in [2.05, 4.69) is 0 Å². The van der Waals surface area contributed by atoms with Gasteiger partial charge >= 0.3 is 0 Å². The molecule has 2 heteroatoms. The summed E-state index contributed by atoms with van der Waals surface area (Å²) >= 11 is 6.01. The van der Waals surface area contributed by atoms with Crippen LogP contribution in [0.15, 0.2) is 96.9 Å². The van der Waals surface area contributed by atoms with Gasteiger partial charge in [-0.25, -0.2) is 0 Å². The summed E-state index contributed by atoms with van der Waals surface area (Å²) in [5, 5.41) is 0.712. The molecule has 0 atom stereocenters. The Bertz CT molecular complexity index is 1560. The van der Waals surface area contributed by atoms with Gasteiger partial charge in [0.15, 0.2) is 0 Å². The average molecular weight is 362 g/mol. The number of hydrogen-bond acceptors (Lipinski definition) is 0. The van der Waals surface area contributed by atoms with Gasteiger partial charge < -0.3 is 4.57 Å². The lowest BCUT2D eigenvalue weighted by Crippen LogP contribution is -1.94. The van der Waals surface area contributed by atoms with Crippen molar-refractivity contribution in [1.82, 2.24) is 4.57 Å². The predicted octanol–water partition coefficient (Wildman–Crippen LogP) is 7.10. The van der Waals surface area contributed by atoms with Gasteiger partial charge in [-0.2, -0.15) is 0 Å². The Kier molecular flexibility index (Phi) is 2.11. The SMILES string of the molecule is [2H]c1c([2H])c([2H])c2c(c1[2H])c1c([2H])c([2H])c([2H])c([2H])c1n2-c1cccc(-c2ccc(Cl)cc2)c1. The Labute approximate surface area is 168 Å². The summed E-state index contributed by atoms with van der Waals surface area (Å²) in [5.74, 6) is 0. The molecule has 1 nitrogen and oxygen atoms in total. The van der Waals surface area contributed by atoms with Crippen LogP contribution in [0.5, 0.6) is 0 Å². The van der Waals surface area contributed by atoms with E-state index in [-0.39, 0.29) is 46.0 Å². The number of halogens is 1. The molecule has 0 saturated carbocycles. The van der Waals surface area contributed by atoms with Crippen molar-refractivity contribution in [1.29, 1.82) is 0 Å². The lowest BCUT2D eigenvalue weighted by molar-refractivity contribution is 1.18. The Morgan fingerprint density at radius 2 is 1.31 bits per heavy atom. The van der Waals surface area contributed by atoms with Gasteiger partial charge in [0.1, 0.15) is 0 Å². The minimum absolute atomic E-state index is 0.0601. The van der Waals surface area contributed by atoms with Gasteiger partial charge in [0.25, 0.3) is 0 Å². The third-order valence-electron chi connectivity index (χ3n) is 4.31. The molecule has 0 spiro atoms. The smallest absolute Gasteiger partial charge is 0.0645 e. The van der Waals surface area contributed by atoms with Gasteiger partial charge in [-0.05, 0) is 47.5 Å². The first kappa shape index (κ1) is 9.07. The Hall–Kier alpha value is -3.03. The standard InChI is InChI=1S/C24H16ClN/c25-19-14-12-17(13-15-19)18-6-5-7-20(16-18)26-23-10-3-1-8-21(23)22-9-2-4-11-24(22)26/h1-16H/i1D,2D,3D,4D,8D,9D,10D,11D. The highest BCUT2D eigenvalue weighted by Crippen LogP contribution is 2.33. The fourth-order valence-corrected chi connectivity index (χ4v) is 3.27. The van der Waals surface area contributed by atoms with Crippen LogP contribution in [0.1, 0.15) is 11.0 Å². The summed E-state index contributed by atoms with van der Waals surface area (Å²) in [6.45, 7) is 0. The highest BCUT2D eigenvalue weighted by Gasteiger charge is 2.11. The first-order chi connectivity index (χ1) is 16.1. The van der Waals surface area contributed by atoms with Gasteiger partial charge in [-0.3, -0.25) is 0 Å². The molecule has 0 saturated heterocycles. The van der Waals surface area contributed by atoms with Crippen LogP contribution in [0.25, 0.3) is 38.6 Å². The van der Waals surface area contributed by atoms with E-state index in [0.717, 1.165) is 11.1 Å². The summed E-state index contributed by atoms with van der Waals surface area (Å²) in [6.07, 6.45) is 0. The highest BCUT2D eigenvalue weighted by molar-refractivity contribution is 6.30. The van der Waals surface area contributed by atoms with E-state index in [9.17, 15) is 0 Å². The van der Waals surface area contributed by atoms with E-state index in [1.54, 1.807) is 24.3 Å². The third kappa shape index (κ3) is 2.40. The van der Waals surface area contributed by atoms with Crippen LogP contribution in [-0.2, 0) is 0 Å². The molecular formula is C24H16ClN. The van der Waals surface area contributed by atoms with Crippen molar-refractivity contribution >= 4 is 33.4 Å². The maximum atomic E-state index is 8.60. The Balaban J connectivity index is 1.99. The molecule has 0 amide bonds. The Morgan fingerprint density at radius 3 is 1.96 bits per heavy atom. The van der Waals surface area contributed by atoms with E-state index < -0.39 is 24.2 Å². The van der Waals surface area contributed by atoms with E-state index in [0.29, 0.717) is 10.7 Å². The van der Waals surface area contributed by atoms with Gasteiger partial charge in [0.05, 0.1) is 22.0 Å². The monoisotopic (exact) mass is 361 g/mol. The summed E-state index contributed by atoms with van der Waals surface area (Å²) in [5.41, 5.74) is 2.38. The minimum Gasteiger partial charge on any atom is -0.309 e. The summed E-state index contributed by atoms with van der Waals surface area (Å²) in [7, 11) is 0. The van der Waals surface area contributed by atoms with Crippen LogP contribution < -0.4 is 0 Å². The van der Waals surface area contributed by atoms with E-state index in [1.807, 2.05) is 24.3 Å². The first-order valence-electron chi connectivity index (χ1n) is 12.0. The molecule has 0 bridgehead atoms. The lowest BCUT2D eigenvalue weighted by Gasteiger charge is -2.10. The predicted molar refractivity (Wildman–Crippen MR) is 111 cm³/mol. The number of para-hydroxylation sites is 2.